The van der Waals surface area contributed by atoms with Crippen molar-refractivity contribution in [2.24, 2.45) is 0 Å². The van der Waals surface area contributed by atoms with Crippen molar-refractivity contribution in [2.75, 3.05) is 11.1 Å². The van der Waals surface area contributed by atoms with Crippen LogP contribution in [0.3, 0.4) is 0 Å². The van der Waals surface area contributed by atoms with Gasteiger partial charge in [-0.25, -0.2) is 4.98 Å². The summed E-state index contributed by atoms with van der Waals surface area (Å²) in [5, 5.41) is 18.3. The number of hydrogen-bond donors (Lipinski definition) is 4. The molecule has 0 aliphatic heterocycles. The standard InChI is InChI=1S/C8H10N6O/c9-8-10-2-1-6(12-8)11-7-3-5(4-15)13-14-7/h1-3,15H,4H2,(H4,9,10,11,12,13,14). The Bertz CT molecular complexity index is 454. The third kappa shape index (κ3) is 2.20. The number of aliphatic hydroxyl groups is 1. The van der Waals surface area contributed by atoms with Crippen molar-refractivity contribution in [3.8, 4) is 0 Å². The molecule has 78 valence electrons. The van der Waals surface area contributed by atoms with Gasteiger partial charge in [0, 0.05) is 12.3 Å². The Morgan fingerprint density at radius 3 is 3.00 bits per heavy atom. The maximum atomic E-state index is 8.82. The maximum Gasteiger partial charge on any atom is 0.221 e. The zero-order valence-electron chi connectivity index (χ0n) is 7.81. The Morgan fingerprint density at radius 1 is 1.47 bits per heavy atom. The SMILES string of the molecule is Nc1nccc(Nc2cc(CO)[nH]n2)n1. The van der Waals surface area contributed by atoms with Gasteiger partial charge in [-0.2, -0.15) is 10.1 Å². The predicted octanol–water partition coefficient (Wildman–Crippen LogP) is 0.0178. The lowest BCUT2D eigenvalue weighted by Crippen LogP contribution is -1.98. The van der Waals surface area contributed by atoms with E-state index in [1.807, 2.05) is 0 Å². The highest BCUT2D eigenvalue weighted by molar-refractivity contribution is 5.52. The molecule has 0 saturated heterocycles. The first-order valence-corrected chi connectivity index (χ1v) is 4.28. The van der Waals surface area contributed by atoms with Gasteiger partial charge in [-0.3, -0.25) is 5.10 Å². The highest BCUT2D eigenvalue weighted by Crippen LogP contribution is 2.12. The molecule has 2 heterocycles. The monoisotopic (exact) mass is 206 g/mol. The average molecular weight is 206 g/mol. The Balaban J connectivity index is 2.14. The van der Waals surface area contributed by atoms with Crippen LogP contribution in [0.15, 0.2) is 18.3 Å². The molecule has 0 radical (unpaired) electrons. The predicted molar refractivity (Wildman–Crippen MR) is 54.2 cm³/mol. The molecule has 2 aromatic heterocycles. The van der Waals surface area contributed by atoms with Crippen molar-refractivity contribution >= 4 is 17.6 Å². The largest absolute Gasteiger partial charge is 0.390 e. The fourth-order valence-corrected chi connectivity index (χ4v) is 1.08. The van der Waals surface area contributed by atoms with Gasteiger partial charge in [0.05, 0.1) is 12.3 Å². The van der Waals surface area contributed by atoms with E-state index in [-0.39, 0.29) is 12.6 Å². The summed E-state index contributed by atoms with van der Waals surface area (Å²) < 4.78 is 0. The van der Waals surface area contributed by atoms with Gasteiger partial charge in [-0.1, -0.05) is 0 Å². The lowest BCUT2D eigenvalue weighted by atomic mass is 10.4. The zero-order chi connectivity index (χ0) is 10.7. The second-order valence-electron chi connectivity index (χ2n) is 2.86. The Morgan fingerprint density at radius 2 is 2.33 bits per heavy atom. The average Bonchev–Trinajstić information content (AvgIpc) is 2.65. The maximum absolute atomic E-state index is 8.82. The van der Waals surface area contributed by atoms with E-state index in [9.17, 15) is 0 Å². The van der Waals surface area contributed by atoms with Gasteiger partial charge in [-0.05, 0) is 6.07 Å². The molecule has 7 heteroatoms. The Labute approximate surface area is 85.4 Å². The van der Waals surface area contributed by atoms with E-state index < -0.39 is 0 Å². The number of anilines is 3. The van der Waals surface area contributed by atoms with Crippen LogP contribution in [0.1, 0.15) is 5.69 Å². The van der Waals surface area contributed by atoms with Crippen molar-refractivity contribution in [3.05, 3.63) is 24.0 Å². The second-order valence-corrected chi connectivity index (χ2v) is 2.86. The molecule has 0 bridgehead atoms. The lowest BCUT2D eigenvalue weighted by molar-refractivity contribution is 0.276. The van der Waals surface area contributed by atoms with E-state index in [4.69, 9.17) is 10.8 Å². The minimum atomic E-state index is -0.0827. The normalized spacial score (nSPS) is 10.2. The number of aliphatic hydroxyl groups excluding tert-OH is 1. The number of nitrogen functional groups attached to an aromatic ring is 1. The molecule has 2 aromatic rings. The zero-order valence-corrected chi connectivity index (χ0v) is 7.81. The molecule has 0 aliphatic rings. The van der Waals surface area contributed by atoms with Crippen molar-refractivity contribution < 1.29 is 5.11 Å². The molecule has 0 atom stereocenters. The number of nitrogens with one attached hydrogen (secondary N) is 2. The molecular formula is C8H10N6O. The number of rotatable bonds is 3. The lowest BCUT2D eigenvalue weighted by Gasteiger charge is -2.00. The van der Waals surface area contributed by atoms with Crippen LogP contribution < -0.4 is 11.1 Å². The first-order chi connectivity index (χ1) is 7.28. The van der Waals surface area contributed by atoms with Gasteiger partial charge in [0.1, 0.15) is 5.82 Å². The van der Waals surface area contributed by atoms with Crippen molar-refractivity contribution in [3.63, 3.8) is 0 Å². The fraction of sp³-hybridized carbons (Fsp3) is 0.125. The number of aromatic nitrogens is 4. The van der Waals surface area contributed by atoms with Crippen molar-refractivity contribution in [1.82, 2.24) is 20.2 Å². The van der Waals surface area contributed by atoms with E-state index in [2.05, 4.69) is 25.5 Å². The summed E-state index contributed by atoms with van der Waals surface area (Å²) in [6, 6.07) is 3.35. The summed E-state index contributed by atoms with van der Waals surface area (Å²) in [6.45, 7) is -0.0827. The summed E-state index contributed by atoms with van der Waals surface area (Å²) in [5.74, 6) is 1.31. The van der Waals surface area contributed by atoms with Crippen LogP contribution in [0.2, 0.25) is 0 Å². The topological polar surface area (TPSA) is 113 Å². The number of nitrogens with two attached hydrogens (primary N) is 1. The highest BCUT2D eigenvalue weighted by Gasteiger charge is 2.01. The number of aromatic amines is 1. The molecule has 2 rings (SSSR count). The molecule has 0 amide bonds. The van der Waals surface area contributed by atoms with Gasteiger partial charge >= 0.3 is 0 Å². The first-order valence-electron chi connectivity index (χ1n) is 4.28. The van der Waals surface area contributed by atoms with Crippen molar-refractivity contribution in [1.29, 1.82) is 0 Å². The summed E-state index contributed by atoms with van der Waals surface area (Å²) in [6.07, 6.45) is 1.55. The van der Waals surface area contributed by atoms with Gasteiger partial charge in [0.2, 0.25) is 5.95 Å². The Kier molecular flexibility index (Phi) is 2.46. The van der Waals surface area contributed by atoms with Crippen LogP contribution in [0.25, 0.3) is 0 Å². The van der Waals surface area contributed by atoms with E-state index in [1.165, 1.54) is 0 Å². The smallest absolute Gasteiger partial charge is 0.221 e. The number of hydrogen-bond acceptors (Lipinski definition) is 6. The van der Waals surface area contributed by atoms with Crippen LogP contribution >= 0.6 is 0 Å². The van der Waals surface area contributed by atoms with Gasteiger partial charge in [-0.15, -0.1) is 0 Å². The molecule has 0 fully saturated rings. The number of nitrogens with zero attached hydrogens (tertiary/aromatic N) is 3. The van der Waals surface area contributed by atoms with E-state index in [0.29, 0.717) is 17.3 Å². The van der Waals surface area contributed by atoms with Gasteiger partial charge in [0.25, 0.3) is 0 Å². The summed E-state index contributed by atoms with van der Waals surface area (Å²) in [7, 11) is 0. The quantitative estimate of drug-likeness (QED) is 0.563. The highest BCUT2D eigenvalue weighted by atomic mass is 16.3. The molecule has 5 N–H and O–H groups in total. The van der Waals surface area contributed by atoms with Crippen LogP contribution in [0.4, 0.5) is 17.6 Å². The third-order valence-corrected chi connectivity index (χ3v) is 1.73. The van der Waals surface area contributed by atoms with Crippen LogP contribution in [-0.4, -0.2) is 25.3 Å². The minimum Gasteiger partial charge on any atom is -0.390 e. The first kappa shape index (κ1) is 9.41. The molecule has 0 spiro atoms. The van der Waals surface area contributed by atoms with Crippen LogP contribution in [-0.2, 0) is 6.61 Å². The number of H-pyrrole nitrogens is 1. The minimum absolute atomic E-state index is 0.0827. The Hall–Kier alpha value is -2.15. The van der Waals surface area contributed by atoms with Gasteiger partial charge < -0.3 is 16.2 Å². The van der Waals surface area contributed by atoms with Crippen molar-refractivity contribution in [2.45, 2.75) is 6.61 Å². The molecule has 0 unspecified atom stereocenters. The molecule has 0 aliphatic carbocycles. The molecule has 15 heavy (non-hydrogen) atoms. The van der Waals surface area contributed by atoms with Crippen LogP contribution in [0.5, 0.6) is 0 Å². The summed E-state index contributed by atoms with van der Waals surface area (Å²) in [5.41, 5.74) is 6.04. The van der Waals surface area contributed by atoms with E-state index in [1.54, 1.807) is 18.3 Å². The molecule has 0 aromatic carbocycles. The van der Waals surface area contributed by atoms with Crippen LogP contribution in [0, 0.1) is 0 Å². The molecule has 7 nitrogen and oxygen atoms in total. The fourth-order valence-electron chi connectivity index (χ4n) is 1.08. The summed E-state index contributed by atoms with van der Waals surface area (Å²) >= 11 is 0. The summed E-state index contributed by atoms with van der Waals surface area (Å²) in [4.78, 5) is 7.70. The van der Waals surface area contributed by atoms with Gasteiger partial charge in [0.15, 0.2) is 5.82 Å². The van der Waals surface area contributed by atoms with E-state index >= 15 is 0 Å². The second kappa shape index (κ2) is 3.93. The molecular weight excluding hydrogens is 196 g/mol. The third-order valence-electron chi connectivity index (χ3n) is 1.73. The molecule has 0 saturated carbocycles. The van der Waals surface area contributed by atoms with E-state index in [0.717, 1.165) is 0 Å².